The minimum absolute atomic E-state index is 0.0229. The van der Waals surface area contributed by atoms with Gasteiger partial charge in [0.1, 0.15) is 0 Å². The molecule has 0 atom stereocenters. The van der Waals surface area contributed by atoms with Crippen LogP contribution >= 0.6 is 0 Å². The Morgan fingerprint density at radius 3 is 2.44 bits per heavy atom. The first-order chi connectivity index (χ1) is 12.1. The Kier molecular flexibility index (Phi) is 4.97. The van der Waals surface area contributed by atoms with Crippen molar-refractivity contribution in [3.05, 3.63) is 60.4 Å². The summed E-state index contributed by atoms with van der Waals surface area (Å²) in [6.45, 7) is 0.474. The van der Waals surface area contributed by atoms with Gasteiger partial charge in [-0.1, -0.05) is 30.3 Å². The van der Waals surface area contributed by atoms with Crippen LogP contribution in [-0.4, -0.2) is 43.5 Å². The molecule has 2 aromatic carbocycles. The van der Waals surface area contributed by atoms with Crippen molar-refractivity contribution in [2.45, 2.75) is 0 Å². The van der Waals surface area contributed by atoms with Crippen LogP contribution in [0.3, 0.4) is 0 Å². The lowest BCUT2D eigenvalue weighted by Gasteiger charge is -2.39. The van der Waals surface area contributed by atoms with Crippen molar-refractivity contribution in [3.8, 4) is 5.75 Å². The van der Waals surface area contributed by atoms with Gasteiger partial charge in [0.25, 0.3) is 5.91 Å². The molecule has 1 heterocycles. The van der Waals surface area contributed by atoms with Crippen molar-refractivity contribution in [1.82, 2.24) is 4.90 Å². The van der Waals surface area contributed by atoms with Crippen LogP contribution in [0.5, 0.6) is 5.75 Å². The van der Waals surface area contributed by atoms with Crippen LogP contribution in [0.2, 0.25) is 0 Å². The van der Waals surface area contributed by atoms with Gasteiger partial charge in [0.15, 0.2) is 18.2 Å². The highest BCUT2D eigenvalue weighted by Crippen LogP contribution is 2.22. The molecule has 1 aliphatic rings. The van der Waals surface area contributed by atoms with Crippen molar-refractivity contribution >= 4 is 17.5 Å². The number of benzene rings is 2. The van der Waals surface area contributed by atoms with Crippen LogP contribution in [0.15, 0.2) is 54.6 Å². The third-order valence-electron chi connectivity index (χ3n) is 4.25. The maximum absolute atomic E-state index is 13.5. The van der Waals surface area contributed by atoms with Crippen molar-refractivity contribution in [1.29, 1.82) is 0 Å². The highest BCUT2D eigenvalue weighted by atomic mass is 19.1. The quantitative estimate of drug-likeness (QED) is 0.838. The smallest absolute Gasteiger partial charge is 0.260 e. The Morgan fingerprint density at radius 2 is 1.76 bits per heavy atom. The van der Waals surface area contributed by atoms with Crippen LogP contribution in [0.1, 0.15) is 0 Å². The van der Waals surface area contributed by atoms with Gasteiger partial charge in [-0.15, -0.1) is 0 Å². The average Bonchev–Trinajstić information content (AvgIpc) is 2.59. The van der Waals surface area contributed by atoms with E-state index in [9.17, 15) is 14.0 Å². The Labute approximate surface area is 145 Å². The molecule has 6 heteroatoms. The SMILES string of the molecule is CN(C(=O)C1CN(C(=O)COc2ccccc2F)C1)c1ccccc1. The summed E-state index contributed by atoms with van der Waals surface area (Å²) in [5.41, 5.74) is 0.820. The fraction of sp³-hybridized carbons (Fsp3) is 0.263. The summed E-state index contributed by atoms with van der Waals surface area (Å²) < 4.78 is 18.7. The van der Waals surface area contributed by atoms with E-state index < -0.39 is 5.82 Å². The second-order valence-electron chi connectivity index (χ2n) is 5.95. The normalized spacial score (nSPS) is 13.9. The number of hydrogen-bond donors (Lipinski definition) is 0. The number of ether oxygens (including phenoxy) is 1. The van der Waals surface area contributed by atoms with Gasteiger partial charge in [0.05, 0.1) is 5.92 Å². The van der Waals surface area contributed by atoms with Crippen LogP contribution in [0, 0.1) is 11.7 Å². The molecule has 0 aromatic heterocycles. The molecule has 3 rings (SSSR count). The molecule has 0 saturated carbocycles. The number of hydrogen-bond acceptors (Lipinski definition) is 3. The Bertz CT molecular complexity index is 760. The second-order valence-corrected chi connectivity index (χ2v) is 5.95. The van der Waals surface area contributed by atoms with E-state index in [2.05, 4.69) is 0 Å². The molecular weight excluding hydrogens is 323 g/mol. The highest BCUT2D eigenvalue weighted by Gasteiger charge is 2.37. The number of rotatable bonds is 5. The summed E-state index contributed by atoms with van der Waals surface area (Å²) in [6.07, 6.45) is 0. The third kappa shape index (κ3) is 3.79. The van der Waals surface area contributed by atoms with E-state index in [4.69, 9.17) is 4.74 Å². The van der Waals surface area contributed by atoms with Crippen molar-refractivity contribution in [2.75, 3.05) is 31.6 Å². The molecule has 0 radical (unpaired) electrons. The fourth-order valence-electron chi connectivity index (χ4n) is 2.68. The maximum Gasteiger partial charge on any atom is 0.260 e. The molecule has 1 aliphatic heterocycles. The fourth-order valence-corrected chi connectivity index (χ4v) is 2.68. The van der Waals surface area contributed by atoms with E-state index in [1.807, 2.05) is 30.3 Å². The summed E-state index contributed by atoms with van der Waals surface area (Å²) >= 11 is 0. The molecule has 5 nitrogen and oxygen atoms in total. The van der Waals surface area contributed by atoms with Crippen LogP contribution in [0.4, 0.5) is 10.1 Å². The third-order valence-corrected chi connectivity index (χ3v) is 4.25. The Hall–Kier alpha value is -2.89. The monoisotopic (exact) mass is 342 g/mol. The lowest BCUT2D eigenvalue weighted by Crippen LogP contribution is -2.57. The zero-order valence-electron chi connectivity index (χ0n) is 13.9. The van der Waals surface area contributed by atoms with E-state index in [1.54, 1.807) is 29.0 Å². The lowest BCUT2D eigenvalue weighted by molar-refractivity contribution is -0.143. The van der Waals surface area contributed by atoms with Gasteiger partial charge in [-0.05, 0) is 24.3 Å². The van der Waals surface area contributed by atoms with E-state index in [-0.39, 0.29) is 30.1 Å². The number of carbonyl (C=O) groups is 2. The first kappa shape index (κ1) is 17.0. The molecule has 0 bridgehead atoms. The Morgan fingerprint density at radius 1 is 1.12 bits per heavy atom. The van der Waals surface area contributed by atoms with Gasteiger partial charge < -0.3 is 14.5 Å². The van der Waals surface area contributed by atoms with Gasteiger partial charge in [0, 0.05) is 25.8 Å². The molecule has 0 N–H and O–H groups in total. The molecule has 2 aromatic rings. The number of likely N-dealkylation sites (tertiary alicyclic amines) is 1. The van der Waals surface area contributed by atoms with E-state index >= 15 is 0 Å². The van der Waals surface area contributed by atoms with E-state index in [1.165, 1.54) is 12.1 Å². The van der Waals surface area contributed by atoms with Crippen molar-refractivity contribution in [2.24, 2.45) is 5.92 Å². The molecule has 1 fully saturated rings. The van der Waals surface area contributed by atoms with Gasteiger partial charge in [-0.2, -0.15) is 0 Å². The van der Waals surface area contributed by atoms with Crippen molar-refractivity contribution in [3.63, 3.8) is 0 Å². The largest absolute Gasteiger partial charge is 0.481 e. The Balaban J connectivity index is 1.48. The molecule has 0 unspecified atom stereocenters. The summed E-state index contributed by atoms with van der Waals surface area (Å²) in [4.78, 5) is 27.6. The van der Waals surface area contributed by atoms with Gasteiger partial charge in [0.2, 0.25) is 5.91 Å². The lowest BCUT2D eigenvalue weighted by atomic mass is 9.98. The highest BCUT2D eigenvalue weighted by molar-refractivity contribution is 5.96. The molecule has 0 spiro atoms. The molecule has 25 heavy (non-hydrogen) atoms. The predicted molar refractivity (Wildman–Crippen MR) is 91.8 cm³/mol. The number of carbonyl (C=O) groups excluding carboxylic acids is 2. The van der Waals surface area contributed by atoms with E-state index in [0.29, 0.717) is 13.1 Å². The number of amides is 2. The molecule has 130 valence electrons. The minimum Gasteiger partial charge on any atom is -0.481 e. The predicted octanol–water partition coefficient (Wildman–Crippen LogP) is 2.33. The number of anilines is 1. The second kappa shape index (κ2) is 7.34. The molecule has 1 saturated heterocycles. The van der Waals surface area contributed by atoms with Gasteiger partial charge in [-0.25, -0.2) is 4.39 Å². The van der Waals surface area contributed by atoms with Gasteiger partial charge >= 0.3 is 0 Å². The number of nitrogens with zero attached hydrogens (tertiary/aromatic N) is 2. The van der Waals surface area contributed by atoms with Crippen LogP contribution < -0.4 is 9.64 Å². The topological polar surface area (TPSA) is 49.9 Å². The zero-order chi connectivity index (χ0) is 17.8. The zero-order valence-corrected chi connectivity index (χ0v) is 13.9. The van der Waals surface area contributed by atoms with E-state index in [0.717, 1.165) is 5.69 Å². The molecule has 0 aliphatic carbocycles. The summed E-state index contributed by atoms with van der Waals surface area (Å²) in [5, 5.41) is 0. The average molecular weight is 342 g/mol. The molecule has 2 amide bonds. The minimum atomic E-state index is -0.503. The van der Waals surface area contributed by atoms with Gasteiger partial charge in [-0.3, -0.25) is 9.59 Å². The summed E-state index contributed by atoms with van der Waals surface area (Å²) in [6, 6.07) is 15.3. The first-order valence-electron chi connectivity index (χ1n) is 8.04. The first-order valence-corrected chi connectivity index (χ1v) is 8.04. The maximum atomic E-state index is 13.5. The van der Waals surface area contributed by atoms with Crippen LogP contribution in [0.25, 0.3) is 0 Å². The molecular formula is C19H19FN2O3. The van der Waals surface area contributed by atoms with Crippen molar-refractivity contribution < 1.29 is 18.7 Å². The number of para-hydroxylation sites is 2. The standard InChI is InChI=1S/C19H19FN2O3/c1-21(15-7-3-2-4-8-15)19(24)14-11-22(12-14)18(23)13-25-17-10-6-5-9-16(17)20/h2-10,14H,11-13H2,1H3. The summed E-state index contributed by atoms with van der Waals surface area (Å²) in [5.74, 6) is -0.952. The van der Waals surface area contributed by atoms with Crippen LogP contribution in [-0.2, 0) is 9.59 Å². The summed E-state index contributed by atoms with van der Waals surface area (Å²) in [7, 11) is 1.73. The number of halogens is 1.